The maximum absolute atomic E-state index is 14.9. The number of nitrogens with one attached hydrogen (secondary N) is 2. The van der Waals surface area contributed by atoms with Crippen molar-refractivity contribution >= 4 is 23.2 Å². The number of piperazine rings is 1. The van der Waals surface area contributed by atoms with Gasteiger partial charge in [-0.25, -0.2) is 14.4 Å². The van der Waals surface area contributed by atoms with E-state index in [1.165, 1.54) is 30.3 Å². The van der Waals surface area contributed by atoms with Crippen LogP contribution in [0.2, 0.25) is 0 Å². The zero-order valence-electron chi connectivity index (χ0n) is 20.4. The molecule has 4 aliphatic rings. The molecule has 0 radical (unpaired) electrons. The Labute approximate surface area is 209 Å². The first kappa shape index (κ1) is 21.7. The van der Waals surface area contributed by atoms with Crippen LogP contribution in [0, 0.1) is 5.82 Å². The lowest BCUT2D eigenvalue weighted by Crippen LogP contribution is -2.44. The van der Waals surface area contributed by atoms with Crippen molar-refractivity contribution in [3.05, 3.63) is 65.1 Å². The first-order valence-electron chi connectivity index (χ1n) is 12.8. The Hall–Kier alpha value is -3.52. The lowest BCUT2D eigenvalue weighted by molar-refractivity contribution is 0.0952. The molecule has 7 nitrogen and oxygen atoms in total. The number of rotatable bonds is 5. The molecule has 2 aromatic carbocycles. The number of aromatic nitrogens is 2. The largest absolute Gasteiger partial charge is 0.369 e. The van der Waals surface area contributed by atoms with E-state index in [-0.39, 0.29) is 17.1 Å². The molecule has 0 atom stereocenters. The number of hydrogen-bond donors (Lipinski definition) is 2. The molecule has 1 saturated heterocycles. The second-order valence-corrected chi connectivity index (χ2v) is 10.6. The minimum absolute atomic E-state index is 0.0908. The molecule has 7 rings (SSSR count). The second-order valence-electron chi connectivity index (χ2n) is 10.6. The van der Waals surface area contributed by atoms with Crippen LogP contribution in [-0.4, -0.2) is 54.0 Å². The Kier molecular flexibility index (Phi) is 4.83. The topological polar surface area (TPSA) is 73.4 Å². The van der Waals surface area contributed by atoms with Gasteiger partial charge < -0.3 is 20.4 Å². The van der Waals surface area contributed by atoms with Gasteiger partial charge in [-0.15, -0.1) is 0 Å². The van der Waals surface area contributed by atoms with E-state index in [4.69, 9.17) is 0 Å². The highest BCUT2D eigenvalue weighted by Gasteiger charge is 2.52. The van der Waals surface area contributed by atoms with Gasteiger partial charge in [-0.2, -0.15) is 0 Å². The van der Waals surface area contributed by atoms with E-state index < -0.39 is 5.82 Å². The summed E-state index contributed by atoms with van der Waals surface area (Å²) in [7, 11) is 2.15. The molecule has 2 N–H and O–H groups in total. The van der Waals surface area contributed by atoms with E-state index in [9.17, 15) is 9.18 Å². The predicted molar refractivity (Wildman–Crippen MR) is 137 cm³/mol. The molecule has 2 aliphatic heterocycles. The Morgan fingerprint density at radius 3 is 2.64 bits per heavy atom. The van der Waals surface area contributed by atoms with Crippen molar-refractivity contribution in [2.45, 2.75) is 37.1 Å². The minimum Gasteiger partial charge on any atom is -0.369 e. The van der Waals surface area contributed by atoms with Crippen LogP contribution in [0.3, 0.4) is 0 Å². The molecule has 8 heteroatoms. The number of carbonyl (C=O) groups excluding carboxylic acids is 1. The van der Waals surface area contributed by atoms with Crippen molar-refractivity contribution in [1.82, 2.24) is 20.2 Å². The number of amides is 1. The minimum atomic E-state index is -0.506. The highest BCUT2D eigenvalue weighted by Crippen LogP contribution is 2.51. The van der Waals surface area contributed by atoms with Crippen molar-refractivity contribution < 1.29 is 9.18 Å². The van der Waals surface area contributed by atoms with Gasteiger partial charge in [0.25, 0.3) is 5.91 Å². The molecule has 0 bridgehead atoms. The molecular weight excluding hydrogens is 455 g/mol. The van der Waals surface area contributed by atoms with Crippen molar-refractivity contribution in [3.63, 3.8) is 0 Å². The van der Waals surface area contributed by atoms with Gasteiger partial charge in [-0.3, -0.25) is 4.79 Å². The summed E-state index contributed by atoms with van der Waals surface area (Å²) in [6.07, 6.45) is 5.48. The Bertz CT molecular complexity index is 1370. The standard InChI is InChI=1S/C28H29FN6O/c1-34-10-12-35(13-11-34)19-5-6-20(17-2-3-17)24(15-19)31-27-30-16-23(29)25(32-27)18-4-7-22-21(14-18)26(36)33-28(22)8-9-28/h4-7,14-17H,2-3,8-13H2,1H3,(H,33,36)(H,30,31,32). The Morgan fingerprint density at radius 1 is 1.08 bits per heavy atom. The number of anilines is 3. The van der Waals surface area contributed by atoms with Crippen molar-refractivity contribution in [3.8, 4) is 11.3 Å². The van der Waals surface area contributed by atoms with Crippen LogP contribution < -0.4 is 15.5 Å². The molecule has 1 aromatic heterocycles. The van der Waals surface area contributed by atoms with Crippen molar-refractivity contribution in [2.24, 2.45) is 0 Å². The van der Waals surface area contributed by atoms with Crippen LogP contribution in [0.1, 0.15) is 53.1 Å². The lowest BCUT2D eigenvalue weighted by atomic mass is 9.99. The first-order valence-corrected chi connectivity index (χ1v) is 12.8. The van der Waals surface area contributed by atoms with E-state index in [0.717, 1.165) is 50.3 Å². The predicted octanol–water partition coefficient (Wildman–Crippen LogP) is 4.39. The molecule has 3 fully saturated rings. The van der Waals surface area contributed by atoms with E-state index >= 15 is 0 Å². The number of fused-ring (bicyclic) bond motifs is 2. The van der Waals surface area contributed by atoms with Gasteiger partial charge in [0.1, 0.15) is 5.69 Å². The Morgan fingerprint density at radius 2 is 1.89 bits per heavy atom. The summed E-state index contributed by atoms with van der Waals surface area (Å²) in [6, 6.07) is 12.2. The summed E-state index contributed by atoms with van der Waals surface area (Å²) in [4.78, 5) is 26.1. The normalized spacial score (nSPS) is 20.4. The smallest absolute Gasteiger partial charge is 0.252 e. The number of hydrogen-bond acceptors (Lipinski definition) is 6. The first-order chi connectivity index (χ1) is 17.5. The molecule has 0 unspecified atom stereocenters. The molecule has 1 amide bonds. The number of carbonyl (C=O) groups is 1. The molecule has 1 spiro atoms. The van der Waals surface area contributed by atoms with Crippen LogP contribution >= 0.6 is 0 Å². The van der Waals surface area contributed by atoms with Gasteiger partial charge in [-0.1, -0.05) is 18.2 Å². The number of benzene rings is 2. The maximum Gasteiger partial charge on any atom is 0.252 e. The van der Waals surface area contributed by atoms with Crippen molar-refractivity contribution in [2.75, 3.05) is 43.4 Å². The molecule has 2 saturated carbocycles. The van der Waals surface area contributed by atoms with E-state index in [2.05, 4.69) is 55.6 Å². The van der Waals surface area contributed by atoms with E-state index in [1.54, 1.807) is 6.07 Å². The fraction of sp³-hybridized carbons (Fsp3) is 0.393. The fourth-order valence-corrected chi connectivity index (χ4v) is 5.58. The van der Waals surface area contributed by atoms with E-state index in [1.807, 2.05) is 12.1 Å². The average molecular weight is 485 g/mol. The third-order valence-corrected chi connectivity index (χ3v) is 8.07. The Balaban J connectivity index is 1.21. The number of likely N-dealkylation sites (N-methyl/N-ethyl adjacent to an activating group) is 1. The summed E-state index contributed by atoms with van der Waals surface area (Å²) >= 11 is 0. The van der Waals surface area contributed by atoms with Gasteiger partial charge in [0.05, 0.1) is 11.7 Å². The highest BCUT2D eigenvalue weighted by molar-refractivity contribution is 6.01. The molecule has 36 heavy (non-hydrogen) atoms. The maximum atomic E-state index is 14.9. The fourth-order valence-electron chi connectivity index (χ4n) is 5.58. The van der Waals surface area contributed by atoms with Crippen LogP contribution in [0.15, 0.2) is 42.6 Å². The molecule has 184 valence electrons. The zero-order valence-corrected chi connectivity index (χ0v) is 20.4. The summed E-state index contributed by atoms with van der Waals surface area (Å²) < 4.78 is 14.9. The third-order valence-electron chi connectivity index (χ3n) is 8.07. The molecule has 2 aliphatic carbocycles. The number of nitrogens with zero attached hydrogens (tertiary/aromatic N) is 4. The van der Waals surface area contributed by atoms with Crippen LogP contribution in [0.5, 0.6) is 0 Å². The van der Waals surface area contributed by atoms with Crippen LogP contribution in [-0.2, 0) is 5.54 Å². The summed E-state index contributed by atoms with van der Waals surface area (Å²) in [5, 5.41) is 6.48. The third kappa shape index (κ3) is 3.71. The van der Waals surface area contributed by atoms with Crippen molar-refractivity contribution in [1.29, 1.82) is 0 Å². The average Bonchev–Trinajstić information content (AvgIpc) is 3.81. The molecule has 3 heterocycles. The quantitative estimate of drug-likeness (QED) is 0.560. The van der Waals surface area contributed by atoms with Gasteiger partial charge in [0.2, 0.25) is 5.95 Å². The molecular formula is C28H29FN6O. The van der Waals surface area contributed by atoms with Gasteiger partial charge in [-0.05, 0) is 68.0 Å². The SMILES string of the molecule is CN1CCN(c2ccc(C3CC3)c(Nc3ncc(F)c(-c4ccc5c(c4)C(=O)NC54CC4)n3)c2)CC1. The monoisotopic (exact) mass is 484 g/mol. The van der Waals surface area contributed by atoms with Gasteiger partial charge in [0, 0.05) is 48.7 Å². The summed E-state index contributed by atoms with van der Waals surface area (Å²) in [6.45, 7) is 4.06. The van der Waals surface area contributed by atoms with Gasteiger partial charge >= 0.3 is 0 Å². The second kappa shape index (κ2) is 8.00. The lowest BCUT2D eigenvalue weighted by Gasteiger charge is -2.34. The van der Waals surface area contributed by atoms with Gasteiger partial charge in [0.15, 0.2) is 5.82 Å². The molecule has 3 aromatic rings. The van der Waals surface area contributed by atoms with Crippen LogP contribution in [0.4, 0.5) is 21.7 Å². The highest BCUT2D eigenvalue weighted by atomic mass is 19.1. The van der Waals surface area contributed by atoms with E-state index in [0.29, 0.717) is 23.0 Å². The zero-order chi connectivity index (χ0) is 24.4. The van der Waals surface area contributed by atoms with Crippen LogP contribution in [0.25, 0.3) is 11.3 Å². The summed E-state index contributed by atoms with van der Waals surface area (Å²) in [5.74, 6) is 0.298. The summed E-state index contributed by atoms with van der Waals surface area (Å²) in [5.41, 5.74) is 5.63. The number of halogens is 1.